The van der Waals surface area contributed by atoms with Crippen LogP contribution in [0.1, 0.15) is 35.2 Å². The van der Waals surface area contributed by atoms with Gasteiger partial charge in [-0.3, -0.25) is 4.79 Å². The van der Waals surface area contributed by atoms with Crippen molar-refractivity contribution >= 4 is 5.91 Å². The molecule has 1 amide bonds. The van der Waals surface area contributed by atoms with Crippen LogP contribution < -0.4 is 0 Å². The Kier molecular flexibility index (Phi) is 2.86. The molecule has 3 rings (SSSR count). The number of hydrogen-bond acceptors (Lipinski definition) is 2. The summed E-state index contributed by atoms with van der Waals surface area (Å²) in [6.45, 7) is 4.48. The summed E-state index contributed by atoms with van der Waals surface area (Å²) in [5, 5.41) is 0. The minimum atomic E-state index is -0.0274. The average molecular weight is 245 g/mol. The van der Waals surface area contributed by atoms with E-state index in [4.69, 9.17) is 4.74 Å². The lowest BCUT2D eigenvalue weighted by Crippen LogP contribution is -2.35. The third kappa shape index (κ3) is 2.03. The van der Waals surface area contributed by atoms with Crippen molar-refractivity contribution in [3.63, 3.8) is 0 Å². The van der Waals surface area contributed by atoms with Crippen molar-refractivity contribution in [3.05, 3.63) is 35.4 Å². The molecule has 0 radical (unpaired) electrons. The largest absolute Gasteiger partial charge is 0.373 e. The average Bonchev–Trinajstić information content (AvgIpc) is 3.01. The van der Waals surface area contributed by atoms with E-state index in [2.05, 4.69) is 0 Å². The molecule has 1 unspecified atom stereocenters. The van der Waals surface area contributed by atoms with Crippen LogP contribution in [-0.2, 0) is 4.74 Å². The topological polar surface area (TPSA) is 29.5 Å². The fourth-order valence-electron chi connectivity index (χ4n) is 2.97. The Bertz CT molecular complexity index is 446. The number of nitrogens with zero attached hydrogens (tertiary/aromatic N) is 1. The summed E-state index contributed by atoms with van der Waals surface area (Å²) < 4.78 is 5.84. The van der Waals surface area contributed by atoms with Crippen molar-refractivity contribution in [2.75, 3.05) is 19.7 Å². The molecule has 0 aromatic heterocycles. The Hall–Kier alpha value is -1.35. The number of hydrogen-bond donors (Lipinski definition) is 0. The zero-order chi connectivity index (χ0) is 12.6. The van der Waals surface area contributed by atoms with E-state index in [0.29, 0.717) is 0 Å². The highest BCUT2D eigenvalue weighted by Crippen LogP contribution is 2.35. The minimum absolute atomic E-state index is 0.0274. The summed E-state index contributed by atoms with van der Waals surface area (Å²) >= 11 is 0. The number of carbonyl (C=O) groups is 1. The number of carbonyl (C=O) groups excluding carboxylic acids is 1. The van der Waals surface area contributed by atoms with Gasteiger partial charge in [-0.15, -0.1) is 0 Å². The van der Waals surface area contributed by atoms with Crippen molar-refractivity contribution in [2.24, 2.45) is 0 Å². The van der Waals surface area contributed by atoms with E-state index in [9.17, 15) is 4.79 Å². The van der Waals surface area contributed by atoms with Gasteiger partial charge in [-0.25, -0.2) is 0 Å². The third-order valence-corrected chi connectivity index (χ3v) is 4.09. The lowest BCUT2D eigenvalue weighted by Gasteiger charge is -2.23. The van der Waals surface area contributed by atoms with Gasteiger partial charge in [0.15, 0.2) is 0 Å². The van der Waals surface area contributed by atoms with Gasteiger partial charge in [0.1, 0.15) is 0 Å². The predicted molar refractivity (Wildman–Crippen MR) is 69.6 cm³/mol. The molecule has 18 heavy (non-hydrogen) atoms. The second kappa shape index (κ2) is 4.39. The van der Waals surface area contributed by atoms with Gasteiger partial charge in [0, 0.05) is 18.7 Å². The predicted octanol–water partition coefficient (Wildman–Crippen LogP) is 2.39. The summed E-state index contributed by atoms with van der Waals surface area (Å²) in [6.07, 6.45) is 3.22. The van der Waals surface area contributed by atoms with E-state index >= 15 is 0 Å². The van der Waals surface area contributed by atoms with Gasteiger partial charge in [0.05, 0.1) is 12.1 Å². The monoisotopic (exact) mass is 245 g/mol. The van der Waals surface area contributed by atoms with E-state index in [1.807, 2.05) is 36.1 Å². The van der Waals surface area contributed by atoms with Crippen LogP contribution in [0.2, 0.25) is 0 Å². The molecule has 96 valence electrons. The van der Waals surface area contributed by atoms with Crippen LogP contribution in [0.3, 0.4) is 0 Å². The lowest BCUT2D eigenvalue weighted by molar-refractivity contribution is 0.0127. The van der Waals surface area contributed by atoms with Crippen LogP contribution >= 0.6 is 0 Å². The molecule has 0 saturated carbocycles. The quantitative estimate of drug-likeness (QED) is 0.760. The third-order valence-electron chi connectivity index (χ3n) is 4.09. The molecule has 0 N–H and O–H groups in total. The van der Waals surface area contributed by atoms with Crippen LogP contribution in [-0.4, -0.2) is 36.1 Å². The number of amides is 1. The van der Waals surface area contributed by atoms with Crippen molar-refractivity contribution < 1.29 is 9.53 Å². The maximum absolute atomic E-state index is 12.4. The summed E-state index contributed by atoms with van der Waals surface area (Å²) in [4.78, 5) is 14.3. The smallest absolute Gasteiger partial charge is 0.253 e. The second-order valence-corrected chi connectivity index (χ2v) is 5.48. The van der Waals surface area contributed by atoms with Crippen LogP contribution in [0.15, 0.2) is 24.3 Å². The second-order valence-electron chi connectivity index (χ2n) is 5.48. The van der Waals surface area contributed by atoms with Crippen LogP contribution in [0.5, 0.6) is 0 Å². The van der Waals surface area contributed by atoms with Gasteiger partial charge in [-0.1, -0.05) is 17.7 Å². The molecule has 0 bridgehead atoms. The normalized spacial score (nSPS) is 27.1. The first-order valence-corrected chi connectivity index (χ1v) is 6.69. The lowest BCUT2D eigenvalue weighted by atomic mass is 10.00. The molecule has 3 heteroatoms. The van der Waals surface area contributed by atoms with Gasteiger partial charge in [-0.05, 0) is 38.3 Å². The molecular formula is C15H19NO2. The van der Waals surface area contributed by atoms with Gasteiger partial charge in [0.25, 0.3) is 5.91 Å². The molecular weight excluding hydrogens is 226 g/mol. The molecule has 2 heterocycles. The highest BCUT2D eigenvalue weighted by atomic mass is 16.5. The van der Waals surface area contributed by atoms with Crippen LogP contribution in [0.4, 0.5) is 0 Å². The SMILES string of the molecule is Cc1ccc(C(=O)N2CCC3(CCCO3)C2)cc1. The van der Waals surface area contributed by atoms with Gasteiger partial charge in [0.2, 0.25) is 0 Å². The fraction of sp³-hybridized carbons (Fsp3) is 0.533. The first-order valence-electron chi connectivity index (χ1n) is 6.69. The minimum Gasteiger partial charge on any atom is -0.373 e. The van der Waals surface area contributed by atoms with Crippen molar-refractivity contribution in [1.82, 2.24) is 4.90 Å². The zero-order valence-corrected chi connectivity index (χ0v) is 10.8. The van der Waals surface area contributed by atoms with Crippen molar-refractivity contribution in [3.8, 4) is 0 Å². The summed E-state index contributed by atoms with van der Waals surface area (Å²) in [6, 6.07) is 7.81. The van der Waals surface area contributed by atoms with Crippen molar-refractivity contribution in [2.45, 2.75) is 31.8 Å². The standard InChI is InChI=1S/C15H19NO2/c1-12-3-5-13(6-4-12)14(17)16-9-8-15(11-16)7-2-10-18-15/h3-6H,2,7-11H2,1H3. The molecule has 2 saturated heterocycles. The first-order chi connectivity index (χ1) is 8.69. The van der Waals surface area contributed by atoms with E-state index < -0.39 is 0 Å². The van der Waals surface area contributed by atoms with E-state index in [-0.39, 0.29) is 11.5 Å². The molecule has 2 aliphatic rings. The molecule has 1 aromatic rings. The summed E-state index contributed by atoms with van der Waals surface area (Å²) in [5.74, 6) is 0.141. The van der Waals surface area contributed by atoms with E-state index in [0.717, 1.165) is 44.5 Å². The number of benzene rings is 1. The number of likely N-dealkylation sites (tertiary alicyclic amines) is 1. The van der Waals surface area contributed by atoms with Gasteiger partial charge >= 0.3 is 0 Å². The molecule has 3 nitrogen and oxygen atoms in total. The van der Waals surface area contributed by atoms with Crippen molar-refractivity contribution in [1.29, 1.82) is 0 Å². The van der Waals surface area contributed by atoms with Gasteiger partial charge in [-0.2, -0.15) is 0 Å². The summed E-state index contributed by atoms with van der Waals surface area (Å²) in [5.41, 5.74) is 1.94. The molecule has 2 fully saturated rings. The Morgan fingerprint density at radius 1 is 1.28 bits per heavy atom. The first kappa shape index (κ1) is 11.7. The Morgan fingerprint density at radius 3 is 2.72 bits per heavy atom. The number of aryl methyl sites for hydroxylation is 1. The molecule has 0 aliphatic carbocycles. The Labute approximate surface area is 108 Å². The number of rotatable bonds is 1. The molecule has 1 atom stereocenters. The Balaban J connectivity index is 1.72. The Morgan fingerprint density at radius 2 is 2.06 bits per heavy atom. The number of ether oxygens (including phenoxy) is 1. The van der Waals surface area contributed by atoms with Crippen LogP contribution in [0, 0.1) is 6.92 Å². The highest BCUT2D eigenvalue weighted by molar-refractivity contribution is 5.94. The molecule has 1 aromatic carbocycles. The van der Waals surface area contributed by atoms with E-state index in [1.165, 1.54) is 5.56 Å². The fourth-order valence-corrected chi connectivity index (χ4v) is 2.97. The highest BCUT2D eigenvalue weighted by Gasteiger charge is 2.43. The van der Waals surface area contributed by atoms with Crippen LogP contribution in [0.25, 0.3) is 0 Å². The maximum Gasteiger partial charge on any atom is 0.253 e. The maximum atomic E-state index is 12.4. The molecule has 1 spiro atoms. The molecule has 2 aliphatic heterocycles. The zero-order valence-electron chi connectivity index (χ0n) is 10.8. The van der Waals surface area contributed by atoms with Gasteiger partial charge < -0.3 is 9.64 Å². The van der Waals surface area contributed by atoms with E-state index in [1.54, 1.807) is 0 Å². The summed E-state index contributed by atoms with van der Waals surface area (Å²) in [7, 11) is 0.